The lowest BCUT2D eigenvalue weighted by Crippen LogP contribution is -2.15. The van der Waals surface area contributed by atoms with Gasteiger partial charge in [-0.05, 0) is 6.07 Å². The summed E-state index contributed by atoms with van der Waals surface area (Å²) in [6.07, 6.45) is 2.77. The molecule has 0 unspecified atom stereocenters. The summed E-state index contributed by atoms with van der Waals surface area (Å²) in [5.41, 5.74) is 5.75. The van der Waals surface area contributed by atoms with Gasteiger partial charge in [-0.2, -0.15) is 0 Å². The largest absolute Gasteiger partial charge is 0.364 e. The van der Waals surface area contributed by atoms with Gasteiger partial charge in [-0.1, -0.05) is 0 Å². The molecule has 0 aliphatic rings. The molecule has 0 aliphatic heterocycles. The summed E-state index contributed by atoms with van der Waals surface area (Å²) < 4.78 is 2.83. The number of nitro groups is 1. The van der Waals surface area contributed by atoms with E-state index in [0.717, 1.165) is 0 Å². The maximum atomic E-state index is 12.1. The van der Waals surface area contributed by atoms with Crippen LogP contribution in [-0.4, -0.2) is 25.9 Å². The van der Waals surface area contributed by atoms with Crippen molar-refractivity contribution in [3.63, 3.8) is 0 Å². The first-order valence-electron chi connectivity index (χ1n) is 5.88. The summed E-state index contributed by atoms with van der Waals surface area (Å²) >= 11 is 0. The number of hydrogen-bond acceptors (Lipinski definition) is 4. The Hall–Kier alpha value is -2.81. The minimum Gasteiger partial charge on any atom is -0.364 e. The molecule has 2 rings (SSSR count). The van der Waals surface area contributed by atoms with Gasteiger partial charge in [0.2, 0.25) is 0 Å². The third-order valence-electron chi connectivity index (χ3n) is 2.95. The lowest BCUT2D eigenvalue weighted by molar-refractivity contribution is -0.384. The van der Waals surface area contributed by atoms with Gasteiger partial charge in [-0.25, -0.2) is 0 Å². The summed E-state index contributed by atoms with van der Waals surface area (Å²) in [7, 11) is 3.14. The number of nitrogens with two attached hydrogens (primary N) is 1. The number of aromatic nitrogens is 2. The van der Waals surface area contributed by atoms with Crippen molar-refractivity contribution < 1.29 is 14.5 Å². The molecule has 0 saturated carbocycles. The van der Waals surface area contributed by atoms with E-state index in [4.69, 9.17) is 5.73 Å². The van der Waals surface area contributed by atoms with Crippen LogP contribution >= 0.6 is 12.4 Å². The smallest absolute Gasteiger partial charge is 0.287 e. The Kier molecular flexibility index (Phi) is 4.94. The number of amides is 2. The van der Waals surface area contributed by atoms with Gasteiger partial charge in [0.05, 0.1) is 16.8 Å². The number of hydrogen-bond donors (Lipinski definition) is 2. The van der Waals surface area contributed by atoms with Crippen LogP contribution in [-0.2, 0) is 14.1 Å². The Morgan fingerprint density at radius 1 is 1.18 bits per heavy atom. The van der Waals surface area contributed by atoms with E-state index >= 15 is 0 Å². The van der Waals surface area contributed by atoms with E-state index in [9.17, 15) is 19.7 Å². The van der Waals surface area contributed by atoms with Crippen LogP contribution in [0.2, 0.25) is 0 Å². The number of halogens is 1. The second kappa shape index (κ2) is 6.31. The van der Waals surface area contributed by atoms with Crippen molar-refractivity contribution in [1.82, 2.24) is 9.13 Å². The van der Waals surface area contributed by atoms with Crippen LogP contribution in [0.15, 0.2) is 24.5 Å². The van der Waals surface area contributed by atoms with Crippen molar-refractivity contribution in [2.45, 2.75) is 0 Å². The molecule has 9 nitrogen and oxygen atoms in total. The van der Waals surface area contributed by atoms with Gasteiger partial charge >= 0.3 is 0 Å². The third kappa shape index (κ3) is 3.26. The van der Waals surface area contributed by atoms with E-state index < -0.39 is 16.7 Å². The van der Waals surface area contributed by atoms with Gasteiger partial charge in [0.1, 0.15) is 11.4 Å². The predicted molar refractivity (Wildman–Crippen MR) is 81.2 cm³/mol. The molecule has 2 aromatic heterocycles. The molecule has 118 valence electrons. The number of carbonyl (C=O) groups is 2. The Labute approximate surface area is 131 Å². The van der Waals surface area contributed by atoms with Crippen LogP contribution in [0.1, 0.15) is 21.0 Å². The number of carbonyl (C=O) groups excluding carboxylic acids is 2. The zero-order valence-corrected chi connectivity index (χ0v) is 12.6. The van der Waals surface area contributed by atoms with Crippen LogP contribution < -0.4 is 11.1 Å². The van der Waals surface area contributed by atoms with Gasteiger partial charge in [-0.3, -0.25) is 19.7 Å². The standard InChI is InChI=1S/C12H13N5O4.ClH/c1-15-5-7(3-9(15)11(13)18)14-12(19)10-4-8(17(20)21)6-16(10)2;/h3-6H,1-2H3,(H2,13,18)(H,14,19);1H. The number of rotatable bonds is 4. The van der Waals surface area contributed by atoms with Gasteiger partial charge in [-0.15, -0.1) is 12.4 Å². The Morgan fingerprint density at radius 2 is 1.77 bits per heavy atom. The molecular formula is C12H14ClN5O4. The van der Waals surface area contributed by atoms with E-state index in [1.807, 2.05) is 0 Å². The monoisotopic (exact) mass is 327 g/mol. The summed E-state index contributed by atoms with van der Waals surface area (Å²) in [4.78, 5) is 33.3. The second-order valence-electron chi connectivity index (χ2n) is 4.49. The average molecular weight is 328 g/mol. The fourth-order valence-electron chi connectivity index (χ4n) is 1.95. The summed E-state index contributed by atoms with van der Waals surface area (Å²) in [6.45, 7) is 0. The van der Waals surface area contributed by atoms with Crippen molar-refractivity contribution in [2.75, 3.05) is 5.32 Å². The molecule has 2 heterocycles. The lowest BCUT2D eigenvalue weighted by atomic mass is 10.3. The normalized spacial score (nSPS) is 9.91. The van der Waals surface area contributed by atoms with Crippen molar-refractivity contribution in [1.29, 1.82) is 0 Å². The fraction of sp³-hybridized carbons (Fsp3) is 0.167. The Bertz CT molecular complexity index is 749. The molecular weight excluding hydrogens is 314 g/mol. The first-order valence-corrected chi connectivity index (χ1v) is 5.88. The Balaban J connectivity index is 0.00000242. The van der Waals surface area contributed by atoms with Crippen molar-refractivity contribution in [2.24, 2.45) is 19.8 Å². The minimum absolute atomic E-state index is 0. The number of primary amides is 1. The maximum Gasteiger partial charge on any atom is 0.287 e. The number of anilines is 1. The number of nitrogens with zero attached hydrogens (tertiary/aromatic N) is 3. The van der Waals surface area contributed by atoms with E-state index in [1.54, 1.807) is 7.05 Å². The molecule has 3 N–H and O–H groups in total. The number of nitrogens with one attached hydrogen (secondary N) is 1. The molecule has 2 amide bonds. The summed E-state index contributed by atoms with van der Waals surface area (Å²) in [5.74, 6) is -1.14. The highest BCUT2D eigenvalue weighted by Crippen LogP contribution is 2.18. The first kappa shape index (κ1) is 17.2. The zero-order chi connectivity index (χ0) is 15.7. The number of aryl methyl sites for hydroxylation is 2. The van der Waals surface area contributed by atoms with Crippen LogP contribution in [0.25, 0.3) is 0 Å². The molecule has 0 saturated heterocycles. The molecule has 0 bridgehead atoms. The minimum atomic E-state index is -0.618. The van der Waals surface area contributed by atoms with Gasteiger partial charge in [0.25, 0.3) is 17.5 Å². The molecule has 0 radical (unpaired) electrons. The molecule has 10 heteroatoms. The second-order valence-corrected chi connectivity index (χ2v) is 4.49. The molecule has 0 fully saturated rings. The zero-order valence-electron chi connectivity index (χ0n) is 11.8. The van der Waals surface area contributed by atoms with Crippen LogP contribution in [0.3, 0.4) is 0 Å². The van der Waals surface area contributed by atoms with Crippen LogP contribution in [0.4, 0.5) is 11.4 Å². The SMILES string of the molecule is Cl.Cn1cc(NC(=O)c2cc([N+](=O)[O-])cn2C)cc1C(N)=O. The summed E-state index contributed by atoms with van der Waals surface area (Å²) in [6, 6.07) is 2.60. The molecule has 0 spiro atoms. The molecule has 0 aliphatic carbocycles. The quantitative estimate of drug-likeness (QED) is 0.642. The maximum absolute atomic E-state index is 12.1. The summed E-state index contributed by atoms with van der Waals surface area (Å²) in [5, 5.41) is 13.2. The molecule has 22 heavy (non-hydrogen) atoms. The molecule has 2 aromatic rings. The topological polar surface area (TPSA) is 125 Å². The van der Waals surface area contributed by atoms with Gasteiger partial charge < -0.3 is 20.2 Å². The van der Waals surface area contributed by atoms with Crippen molar-refractivity contribution in [3.8, 4) is 0 Å². The van der Waals surface area contributed by atoms with Crippen molar-refractivity contribution >= 4 is 35.6 Å². The average Bonchev–Trinajstić information content (AvgIpc) is 2.92. The first-order chi connectivity index (χ1) is 9.79. The fourth-order valence-corrected chi connectivity index (χ4v) is 1.95. The van der Waals surface area contributed by atoms with E-state index in [0.29, 0.717) is 5.69 Å². The van der Waals surface area contributed by atoms with E-state index in [1.165, 1.54) is 40.7 Å². The van der Waals surface area contributed by atoms with E-state index in [-0.39, 0.29) is 29.5 Å². The highest BCUT2D eigenvalue weighted by atomic mass is 35.5. The highest BCUT2D eigenvalue weighted by Gasteiger charge is 2.18. The molecule has 0 aromatic carbocycles. The van der Waals surface area contributed by atoms with E-state index in [2.05, 4.69) is 5.32 Å². The van der Waals surface area contributed by atoms with Gasteiger partial charge in [0.15, 0.2) is 0 Å². The van der Waals surface area contributed by atoms with Crippen LogP contribution in [0.5, 0.6) is 0 Å². The highest BCUT2D eigenvalue weighted by molar-refractivity contribution is 6.04. The molecule has 0 atom stereocenters. The lowest BCUT2D eigenvalue weighted by Gasteiger charge is -2.02. The predicted octanol–water partition coefficient (Wildman–Crippen LogP) is 1.04. The Morgan fingerprint density at radius 3 is 2.23 bits per heavy atom. The third-order valence-corrected chi connectivity index (χ3v) is 2.95. The van der Waals surface area contributed by atoms with Gasteiger partial charge in [0, 0.05) is 26.4 Å². The van der Waals surface area contributed by atoms with Crippen molar-refractivity contribution in [3.05, 3.63) is 46.0 Å². The van der Waals surface area contributed by atoms with Crippen LogP contribution in [0, 0.1) is 10.1 Å².